The molecule has 0 bridgehead atoms. The molecule has 106 valence electrons. The van der Waals surface area contributed by atoms with Crippen molar-refractivity contribution in [3.05, 3.63) is 71.8 Å². The SMILES string of the molecule is CCCPC(C)(C)C(c1ccccc1)c1ccccc1. The van der Waals surface area contributed by atoms with Gasteiger partial charge in [0.2, 0.25) is 0 Å². The van der Waals surface area contributed by atoms with E-state index in [2.05, 4.69) is 81.4 Å². The largest absolute Gasteiger partial charge is 0.115 e. The molecule has 0 heterocycles. The first-order valence-electron chi connectivity index (χ1n) is 7.50. The van der Waals surface area contributed by atoms with Crippen LogP contribution in [0.1, 0.15) is 44.2 Å². The van der Waals surface area contributed by atoms with Crippen molar-refractivity contribution >= 4 is 8.58 Å². The number of benzene rings is 2. The summed E-state index contributed by atoms with van der Waals surface area (Å²) in [5.41, 5.74) is 2.87. The van der Waals surface area contributed by atoms with E-state index >= 15 is 0 Å². The fourth-order valence-corrected chi connectivity index (χ4v) is 4.30. The van der Waals surface area contributed by atoms with Crippen molar-refractivity contribution in [3.8, 4) is 0 Å². The van der Waals surface area contributed by atoms with E-state index in [1.165, 1.54) is 23.7 Å². The molecule has 1 unspecified atom stereocenters. The Balaban J connectivity index is 2.40. The summed E-state index contributed by atoms with van der Waals surface area (Å²) in [6.45, 7) is 7.13. The summed E-state index contributed by atoms with van der Waals surface area (Å²) in [5.74, 6) is 0.481. The van der Waals surface area contributed by atoms with Crippen LogP contribution in [-0.4, -0.2) is 11.3 Å². The maximum Gasteiger partial charge on any atom is 0.0177 e. The predicted octanol–water partition coefficient (Wildman–Crippen LogP) is 5.69. The molecule has 0 aromatic heterocycles. The second kappa shape index (κ2) is 7.04. The Bertz CT molecular complexity index is 462. The van der Waals surface area contributed by atoms with Gasteiger partial charge in [-0.1, -0.05) is 87.9 Å². The maximum absolute atomic E-state index is 2.42. The fraction of sp³-hybridized carbons (Fsp3) is 0.368. The van der Waals surface area contributed by atoms with Gasteiger partial charge in [-0.25, -0.2) is 0 Å². The highest BCUT2D eigenvalue weighted by atomic mass is 31.1. The molecule has 0 aliphatic carbocycles. The molecular weight excluding hydrogens is 259 g/mol. The summed E-state index contributed by atoms with van der Waals surface area (Å²) >= 11 is 0. The highest BCUT2D eigenvalue weighted by Gasteiger charge is 2.31. The van der Waals surface area contributed by atoms with E-state index in [9.17, 15) is 0 Å². The molecule has 1 atom stereocenters. The van der Waals surface area contributed by atoms with Gasteiger partial charge < -0.3 is 0 Å². The molecule has 20 heavy (non-hydrogen) atoms. The fourth-order valence-electron chi connectivity index (χ4n) is 2.87. The lowest BCUT2D eigenvalue weighted by molar-refractivity contribution is 0.609. The van der Waals surface area contributed by atoms with Crippen LogP contribution in [0.5, 0.6) is 0 Å². The van der Waals surface area contributed by atoms with Crippen LogP contribution in [0.2, 0.25) is 0 Å². The number of hydrogen-bond acceptors (Lipinski definition) is 0. The molecule has 2 aromatic rings. The second-order valence-corrected chi connectivity index (χ2v) is 8.05. The Kier molecular flexibility index (Phi) is 5.38. The molecule has 0 spiro atoms. The van der Waals surface area contributed by atoms with Crippen molar-refractivity contribution < 1.29 is 0 Å². The zero-order chi connectivity index (χ0) is 14.4. The minimum Gasteiger partial charge on any atom is -0.115 e. The average molecular weight is 284 g/mol. The van der Waals surface area contributed by atoms with Crippen LogP contribution in [0.15, 0.2) is 60.7 Å². The van der Waals surface area contributed by atoms with Crippen molar-refractivity contribution in [2.75, 3.05) is 6.16 Å². The Morgan fingerprint density at radius 2 is 1.30 bits per heavy atom. The lowest BCUT2D eigenvalue weighted by Gasteiger charge is -2.35. The smallest absolute Gasteiger partial charge is 0.0177 e. The zero-order valence-electron chi connectivity index (χ0n) is 12.8. The lowest BCUT2D eigenvalue weighted by atomic mass is 9.82. The molecule has 0 radical (unpaired) electrons. The monoisotopic (exact) mass is 284 g/mol. The first kappa shape index (κ1) is 15.3. The van der Waals surface area contributed by atoms with Crippen LogP contribution in [0.4, 0.5) is 0 Å². The van der Waals surface area contributed by atoms with E-state index < -0.39 is 0 Å². The van der Waals surface area contributed by atoms with Gasteiger partial charge in [0.15, 0.2) is 0 Å². The molecule has 0 aliphatic rings. The summed E-state index contributed by atoms with van der Waals surface area (Å²) in [6.07, 6.45) is 2.60. The van der Waals surface area contributed by atoms with Crippen molar-refractivity contribution in [2.24, 2.45) is 0 Å². The molecule has 0 amide bonds. The summed E-state index contributed by atoms with van der Waals surface area (Å²) in [7, 11) is 0.990. The molecule has 0 saturated heterocycles. The maximum atomic E-state index is 2.42. The molecule has 2 rings (SSSR count). The summed E-state index contributed by atoms with van der Waals surface area (Å²) in [4.78, 5) is 0. The van der Waals surface area contributed by atoms with Crippen LogP contribution in [0.3, 0.4) is 0 Å². The van der Waals surface area contributed by atoms with Crippen LogP contribution in [0.25, 0.3) is 0 Å². The van der Waals surface area contributed by atoms with E-state index in [0.717, 1.165) is 8.58 Å². The first-order chi connectivity index (χ1) is 9.65. The van der Waals surface area contributed by atoms with Gasteiger partial charge in [-0.05, 0) is 22.4 Å². The molecule has 2 aromatic carbocycles. The number of hydrogen-bond donors (Lipinski definition) is 0. The Hall–Kier alpha value is -1.13. The van der Waals surface area contributed by atoms with Gasteiger partial charge in [0.1, 0.15) is 0 Å². The highest BCUT2D eigenvalue weighted by molar-refractivity contribution is 7.40. The third-order valence-electron chi connectivity index (χ3n) is 3.82. The van der Waals surface area contributed by atoms with Crippen molar-refractivity contribution in [1.29, 1.82) is 0 Å². The van der Waals surface area contributed by atoms with Gasteiger partial charge in [0.05, 0.1) is 0 Å². The van der Waals surface area contributed by atoms with Crippen molar-refractivity contribution in [3.63, 3.8) is 0 Å². The van der Waals surface area contributed by atoms with Gasteiger partial charge in [-0.15, -0.1) is 8.58 Å². The van der Waals surface area contributed by atoms with Gasteiger partial charge >= 0.3 is 0 Å². The van der Waals surface area contributed by atoms with Crippen LogP contribution >= 0.6 is 8.58 Å². The van der Waals surface area contributed by atoms with Crippen molar-refractivity contribution in [2.45, 2.75) is 38.3 Å². The topological polar surface area (TPSA) is 0 Å². The third kappa shape index (κ3) is 3.70. The minimum absolute atomic E-state index is 0.304. The Morgan fingerprint density at radius 3 is 1.70 bits per heavy atom. The summed E-state index contributed by atoms with van der Waals surface area (Å²) in [6, 6.07) is 21.9. The van der Waals surface area contributed by atoms with E-state index in [4.69, 9.17) is 0 Å². The lowest BCUT2D eigenvalue weighted by Crippen LogP contribution is -2.26. The standard InChI is InChI=1S/C19H25P/c1-4-15-20-19(2,3)18(16-11-7-5-8-12-16)17-13-9-6-10-14-17/h5-14,18,20H,4,15H2,1-3H3. The molecule has 0 saturated carbocycles. The van der Waals surface area contributed by atoms with Crippen molar-refractivity contribution in [1.82, 2.24) is 0 Å². The quantitative estimate of drug-likeness (QED) is 0.598. The predicted molar refractivity (Wildman–Crippen MR) is 92.3 cm³/mol. The molecule has 0 N–H and O–H groups in total. The zero-order valence-corrected chi connectivity index (χ0v) is 13.8. The molecule has 1 heteroatoms. The molecule has 0 fully saturated rings. The van der Waals surface area contributed by atoms with Crippen LogP contribution in [-0.2, 0) is 0 Å². The van der Waals surface area contributed by atoms with E-state index in [1.807, 2.05) is 0 Å². The normalized spacial score (nSPS) is 12.4. The van der Waals surface area contributed by atoms with Crippen LogP contribution < -0.4 is 0 Å². The molecular formula is C19H25P. The van der Waals surface area contributed by atoms with Gasteiger partial charge in [-0.2, -0.15) is 0 Å². The summed E-state index contributed by atoms with van der Waals surface area (Å²) in [5, 5.41) is 0.304. The highest BCUT2D eigenvalue weighted by Crippen LogP contribution is 2.46. The van der Waals surface area contributed by atoms with Gasteiger partial charge in [-0.3, -0.25) is 0 Å². The second-order valence-electron chi connectivity index (χ2n) is 5.90. The third-order valence-corrected chi connectivity index (χ3v) is 5.77. The van der Waals surface area contributed by atoms with E-state index in [0.29, 0.717) is 11.1 Å². The number of rotatable bonds is 6. The Labute approximate surface area is 125 Å². The van der Waals surface area contributed by atoms with Gasteiger partial charge in [0.25, 0.3) is 0 Å². The first-order valence-corrected chi connectivity index (χ1v) is 8.71. The van der Waals surface area contributed by atoms with Gasteiger partial charge in [0, 0.05) is 5.92 Å². The average Bonchev–Trinajstić information content (AvgIpc) is 2.47. The Morgan fingerprint density at radius 1 is 0.850 bits per heavy atom. The van der Waals surface area contributed by atoms with E-state index in [1.54, 1.807) is 0 Å². The molecule has 0 nitrogen and oxygen atoms in total. The van der Waals surface area contributed by atoms with Crippen LogP contribution in [0, 0.1) is 0 Å². The minimum atomic E-state index is 0.304. The van der Waals surface area contributed by atoms with E-state index in [-0.39, 0.29) is 0 Å². The molecule has 0 aliphatic heterocycles. The summed E-state index contributed by atoms with van der Waals surface area (Å²) < 4.78 is 0.